The van der Waals surface area contributed by atoms with Gasteiger partial charge in [0.25, 0.3) is 0 Å². The number of carboxylic acid groups (broad SMARTS) is 1. The summed E-state index contributed by atoms with van der Waals surface area (Å²) in [6.45, 7) is 14.8. The van der Waals surface area contributed by atoms with Crippen molar-refractivity contribution in [2.24, 2.45) is 50.7 Å². The molecule has 0 aromatic heterocycles. The molecule has 0 radical (unpaired) electrons. The summed E-state index contributed by atoms with van der Waals surface area (Å²) in [4.78, 5) is 36.3. The summed E-state index contributed by atoms with van der Waals surface area (Å²) < 4.78 is 5.84. The van der Waals surface area contributed by atoms with Gasteiger partial charge in [-0.1, -0.05) is 40.7 Å². The first-order valence-electron chi connectivity index (χ1n) is 14.8. The van der Waals surface area contributed by atoms with E-state index < -0.39 is 5.97 Å². The predicted molar refractivity (Wildman–Crippen MR) is 143 cm³/mol. The topological polar surface area (TPSA) is 80.7 Å². The molecule has 0 saturated heterocycles. The Labute approximate surface area is 223 Å². The fraction of sp³-hybridized carbons (Fsp3) is 0.844. The van der Waals surface area contributed by atoms with Crippen LogP contribution in [-0.2, 0) is 19.1 Å². The highest BCUT2D eigenvalue weighted by Gasteiger charge is 2.82. The molecule has 0 aromatic rings. The third-order valence-electron chi connectivity index (χ3n) is 13.5. The molecule has 0 bridgehead atoms. The summed E-state index contributed by atoms with van der Waals surface area (Å²) in [7, 11) is 0. The number of esters is 1. The first-order valence-corrected chi connectivity index (χ1v) is 14.8. The molecule has 1 unspecified atom stereocenters. The van der Waals surface area contributed by atoms with Gasteiger partial charge in [0.2, 0.25) is 0 Å². The van der Waals surface area contributed by atoms with Crippen molar-refractivity contribution in [3.8, 4) is 0 Å². The Hall–Kier alpha value is -1.65. The highest BCUT2D eigenvalue weighted by atomic mass is 16.5. The zero-order chi connectivity index (χ0) is 27.2. The molecular weight excluding hydrogens is 464 g/mol. The van der Waals surface area contributed by atoms with Gasteiger partial charge in [-0.2, -0.15) is 0 Å². The highest BCUT2D eigenvalue weighted by Crippen LogP contribution is 2.88. The molecule has 5 heteroatoms. The standard InChI is InChI=1S/C32H48O5/c1-19(27(35)36)8-9-23(37-21(3)33)20(2)22-12-14-30(7)25-11-10-24-28(4,5)26(34)13-15-31(24)18-32(25,31)17-16-29(22,30)6/h8,20,22-25H,9-18H2,1-7H3,(H,35,36)/b19-8-/t20-,22+,23+,24-,25-,29+,30?,31+,32-/m0/s1. The van der Waals surface area contributed by atoms with Gasteiger partial charge in [-0.05, 0) is 104 Å². The lowest BCUT2D eigenvalue weighted by atomic mass is 9.42. The number of carbonyl (C=O) groups excluding carboxylic acids is 2. The SMILES string of the molecule is CC(=O)O[C@H](C/C=C(/C)C(=O)O)[C@@H](C)[C@H]1CCC2(C)[C@@H]3CC[C@H]4C(C)(C)C(=O)CC[C@@]45C[C@@]35CC[C@]12C. The Kier molecular flexibility index (Phi) is 6.13. The molecule has 0 aromatic carbocycles. The average Bonchev–Trinajstić information content (AvgIpc) is 3.41. The van der Waals surface area contributed by atoms with Crippen LogP contribution in [0.5, 0.6) is 0 Å². The summed E-state index contributed by atoms with van der Waals surface area (Å²) in [6.07, 6.45) is 12.3. The number of carbonyl (C=O) groups is 3. The van der Waals surface area contributed by atoms with E-state index in [2.05, 4.69) is 34.6 Å². The molecule has 37 heavy (non-hydrogen) atoms. The molecule has 1 N–H and O–H groups in total. The molecule has 206 valence electrons. The number of ketones is 1. The zero-order valence-electron chi connectivity index (χ0n) is 24.1. The van der Waals surface area contributed by atoms with Crippen LogP contribution in [0.15, 0.2) is 11.6 Å². The molecule has 5 aliphatic carbocycles. The van der Waals surface area contributed by atoms with Crippen molar-refractivity contribution in [3.63, 3.8) is 0 Å². The van der Waals surface area contributed by atoms with Crippen molar-refractivity contribution in [1.82, 2.24) is 0 Å². The number of rotatable bonds is 6. The first-order chi connectivity index (χ1) is 17.2. The summed E-state index contributed by atoms with van der Waals surface area (Å²) >= 11 is 0. The van der Waals surface area contributed by atoms with Gasteiger partial charge < -0.3 is 9.84 Å². The van der Waals surface area contributed by atoms with Crippen molar-refractivity contribution < 1.29 is 24.2 Å². The Morgan fingerprint density at radius 2 is 1.62 bits per heavy atom. The van der Waals surface area contributed by atoms with Gasteiger partial charge in [0.05, 0.1) is 0 Å². The fourth-order valence-corrected chi connectivity index (χ4v) is 11.3. The number of Topliss-reactive ketones (excluding diaryl/α,β-unsaturated/α-hetero) is 1. The Balaban J connectivity index is 1.42. The van der Waals surface area contributed by atoms with E-state index in [0.717, 1.165) is 19.3 Å². The molecule has 0 amide bonds. The van der Waals surface area contributed by atoms with E-state index >= 15 is 0 Å². The molecule has 5 rings (SSSR count). The van der Waals surface area contributed by atoms with Gasteiger partial charge in [-0.25, -0.2) is 4.79 Å². The van der Waals surface area contributed by atoms with Crippen molar-refractivity contribution >= 4 is 17.7 Å². The third-order valence-corrected chi connectivity index (χ3v) is 13.5. The number of hydrogen-bond acceptors (Lipinski definition) is 4. The second-order valence-corrected chi connectivity index (χ2v) is 14.7. The van der Waals surface area contributed by atoms with E-state index in [1.165, 1.54) is 45.4 Å². The van der Waals surface area contributed by atoms with E-state index in [4.69, 9.17) is 4.74 Å². The van der Waals surface area contributed by atoms with Gasteiger partial charge in [0.1, 0.15) is 11.9 Å². The Morgan fingerprint density at radius 3 is 2.27 bits per heavy atom. The van der Waals surface area contributed by atoms with Crippen LogP contribution in [0.4, 0.5) is 0 Å². The van der Waals surface area contributed by atoms with Crippen molar-refractivity contribution in [2.75, 3.05) is 0 Å². The third kappa shape index (κ3) is 3.50. The fourth-order valence-electron chi connectivity index (χ4n) is 11.3. The lowest BCUT2D eigenvalue weighted by molar-refractivity contribution is -0.162. The monoisotopic (exact) mass is 512 g/mol. The number of carboxylic acids is 1. The van der Waals surface area contributed by atoms with Gasteiger partial charge in [0, 0.05) is 30.8 Å². The molecule has 0 heterocycles. The van der Waals surface area contributed by atoms with Crippen LogP contribution in [0.3, 0.4) is 0 Å². The van der Waals surface area contributed by atoms with Crippen LogP contribution in [0.1, 0.15) is 113 Å². The number of aliphatic carboxylic acids is 1. The molecule has 2 spiro atoms. The quantitative estimate of drug-likeness (QED) is 0.307. The molecule has 5 nitrogen and oxygen atoms in total. The molecule has 5 saturated carbocycles. The zero-order valence-corrected chi connectivity index (χ0v) is 24.1. The molecule has 9 atom stereocenters. The molecule has 5 aliphatic rings. The molecule has 0 aliphatic heterocycles. The number of fused-ring (bicyclic) bond motifs is 2. The maximum absolute atomic E-state index is 12.9. The summed E-state index contributed by atoms with van der Waals surface area (Å²) in [5.74, 6) is 1.12. The van der Waals surface area contributed by atoms with Crippen LogP contribution in [0, 0.1) is 50.7 Å². The minimum Gasteiger partial charge on any atom is -0.478 e. The highest BCUT2D eigenvalue weighted by molar-refractivity contribution is 5.86. The van der Waals surface area contributed by atoms with Gasteiger partial charge in [-0.3, -0.25) is 9.59 Å². The van der Waals surface area contributed by atoms with Crippen LogP contribution in [0.25, 0.3) is 0 Å². The van der Waals surface area contributed by atoms with Gasteiger partial charge in [-0.15, -0.1) is 0 Å². The van der Waals surface area contributed by atoms with E-state index in [0.29, 0.717) is 46.4 Å². The Morgan fingerprint density at radius 1 is 0.973 bits per heavy atom. The smallest absolute Gasteiger partial charge is 0.330 e. The number of ether oxygens (including phenoxy) is 1. The molecule has 5 fully saturated rings. The van der Waals surface area contributed by atoms with Gasteiger partial charge >= 0.3 is 11.9 Å². The summed E-state index contributed by atoms with van der Waals surface area (Å²) in [5, 5.41) is 9.33. The normalized spacial score (nSPS) is 45.5. The van der Waals surface area contributed by atoms with Crippen molar-refractivity contribution in [2.45, 2.75) is 119 Å². The summed E-state index contributed by atoms with van der Waals surface area (Å²) in [6, 6.07) is 0. The lowest BCUT2D eigenvalue weighted by Crippen LogP contribution is -2.57. The largest absolute Gasteiger partial charge is 0.478 e. The summed E-state index contributed by atoms with van der Waals surface area (Å²) in [5.41, 5.74) is 1.33. The van der Waals surface area contributed by atoms with E-state index in [-0.39, 0.29) is 34.2 Å². The second kappa shape index (κ2) is 8.42. The van der Waals surface area contributed by atoms with Crippen molar-refractivity contribution in [3.05, 3.63) is 11.6 Å². The van der Waals surface area contributed by atoms with E-state index in [1.807, 2.05) is 0 Å². The minimum absolute atomic E-state index is 0.165. The predicted octanol–water partition coefficient (Wildman–Crippen LogP) is 6.98. The molecular formula is C32H48O5. The number of hydrogen-bond donors (Lipinski definition) is 1. The van der Waals surface area contributed by atoms with Crippen molar-refractivity contribution in [1.29, 1.82) is 0 Å². The van der Waals surface area contributed by atoms with Crippen LogP contribution < -0.4 is 0 Å². The van der Waals surface area contributed by atoms with Crippen LogP contribution >= 0.6 is 0 Å². The van der Waals surface area contributed by atoms with Gasteiger partial charge in [0.15, 0.2) is 0 Å². The second-order valence-electron chi connectivity index (χ2n) is 14.7. The van der Waals surface area contributed by atoms with E-state index in [1.54, 1.807) is 13.0 Å². The first kappa shape index (κ1) is 26.9. The minimum atomic E-state index is -0.922. The van der Waals surface area contributed by atoms with Crippen LogP contribution in [0.2, 0.25) is 0 Å². The maximum Gasteiger partial charge on any atom is 0.330 e. The lowest BCUT2D eigenvalue weighted by Gasteiger charge is -2.62. The maximum atomic E-state index is 12.9. The van der Waals surface area contributed by atoms with Crippen LogP contribution in [-0.4, -0.2) is 28.9 Å². The average molecular weight is 513 g/mol. The Bertz CT molecular complexity index is 1040. The van der Waals surface area contributed by atoms with E-state index in [9.17, 15) is 19.5 Å².